The number of benzene rings is 3. The largest absolute Gasteiger partial charge is 0.497 e. The lowest BCUT2D eigenvalue weighted by Crippen LogP contribution is -1.91. The van der Waals surface area contributed by atoms with E-state index in [0.717, 1.165) is 21.6 Å². The number of fused-ring (bicyclic) bond motifs is 1. The lowest BCUT2D eigenvalue weighted by atomic mass is 10.1. The van der Waals surface area contributed by atoms with Crippen molar-refractivity contribution in [3.05, 3.63) is 65.1 Å². The average molecular weight is 328 g/mol. The second-order valence-corrected chi connectivity index (χ2v) is 5.44. The SMILES string of the molecule is COc1ccc(Nc2cccc3cc(Br)ccc23)cc1. The van der Waals surface area contributed by atoms with Gasteiger partial charge in [-0.2, -0.15) is 0 Å². The Labute approximate surface area is 126 Å². The Morgan fingerprint density at radius 3 is 2.50 bits per heavy atom. The summed E-state index contributed by atoms with van der Waals surface area (Å²) in [7, 11) is 1.67. The molecule has 0 aromatic heterocycles. The zero-order chi connectivity index (χ0) is 13.9. The van der Waals surface area contributed by atoms with Crippen LogP contribution in [0.4, 0.5) is 11.4 Å². The number of methoxy groups -OCH3 is 1. The number of halogens is 1. The number of anilines is 2. The highest BCUT2D eigenvalue weighted by atomic mass is 79.9. The molecule has 1 N–H and O–H groups in total. The van der Waals surface area contributed by atoms with Crippen molar-refractivity contribution in [2.75, 3.05) is 12.4 Å². The molecule has 3 rings (SSSR count). The molecule has 0 aliphatic carbocycles. The van der Waals surface area contributed by atoms with Gasteiger partial charge in [-0.1, -0.05) is 34.1 Å². The molecule has 20 heavy (non-hydrogen) atoms. The van der Waals surface area contributed by atoms with E-state index >= 15 is 0 Å². The molecule has 0 fully saturated rings. The monoisotopic (exact) mass is 327 g/mol. The quantitative estimate of drug-likeness (QED) is 0.699. The van der Waals surface area contributed by atoms with Crippen molar-refractivity contribution in [3.63, 3.8) is 0 Å². The summed E-state index contributed by atoms with van der Waals surface area (Å²) >= 11 is 3.51. The number of hydrogen-bond donors (Lipinski definition) is 1. The van der Waals surface area contributed by atoms with E-state index in [9.17, 15) is 0 Å². The first-order valence-electron chi connectivity index (χ1n) is 6.35. The van der Waals surface area contributed by atoms with E-state index in [1.165, 1.54) is 10.8 Å². The molecule has 0 aliphatic rings. The standard InChI is InChI=1S/C17H14BrNO/c1-20-15-8-6-14(7-9-15)19-17-4-2-3-12-11-13(18)5-10-16(12)17/h2-11,19H,1H3. The summed E-state index contributed by atoms with van der Waals surface area (Å²) in [6, 6.07) is 20.5. The van der Waals surface area contributed by atoms with Crippen molar-refractivity contribution in [2.24, 2.45) is 0 Å². The van der Waals surface area contributed by atoms with Crippen molar-refractivity contribution in [1.82, 2.24) is 0 Å². The first-order valence-corrected chi connectivity index (χ1v) is 7.15. The second-order valence-electron chi connectivity index (χ2n) is 4.52. The number of nitrogens with one attached hydrogen (secondary N) is 1. The first-order chi connectivity index (χ1) is 9.76. The number of ether oxygens (including phenoxy) is 1. The number of rotatable bonds is 3. The molecule has 2 nitrogen and oxygen atoms in total. The van der Waals surface area contributed by atoms with E-state index in [1.54, 1.807) is 7.11 Å². The molecular weight excluding hydrogens is 314 g/mol. The Balaban J connectivity index is 1.97. The van der Waals surface area contributed by atoms with E-state index in [4.69, 9.17) is 4.74 Å². The molecule has 0 radical (unpaired) electrons. The summed E-state index contributed by atoms with van der Waals surface area (Å²) in [6.07, 6.45) is 0. The summed E-state index contributed by atoms with van der Waals surface area (Å²) in [5.74, 6) is 0.859. The van der Waals surface area contributed by atoms with Crippen LogP contribution in [0.25, 0.3) is 10.8 Å². The fraction of sp³-hybridized carbons (Fsp3) is 0.0588. The first kappa shape index (κ1) is 13.0. The van der Waals surface area contributed by atoms with Crippen LogP contribution in [0.1, 0.15) is 0 Å². The second kappa shape index (κ2) is 5.55. The zero-order valence-electron chi connectivity index (χ0n) is 11.1. The summed E-state index contributed by atoms with van der Waals surface area (Å²) in [5, 5.41) is 5.85. The summed E-state index contributed by atoms with van der Waals surface area (Å²) in [6.45, 7) is 0. The van der Waals surface area contributed by atoms with Gasteiger partial charge in [0.1, 0.15) is 5.75 Å². The molecule has 3 aromatic carbocycles. The van der Waals surface area contributed by atoms with Crippen LogP contribution in [0.2, 0.25) is 0 Å². The van der Waals surface area contributed by atoms with Crippen LogP contribution >= 0.6 is 15.9 Å². The van der Waals surface area contributed by atoms with E-state index in [2.05, 4.69) is 57.6 Å². The maximum Gasteiger partial charge on any atom is 0.119 e. The molecular formula is C17H14BrNO. The zero-order valence-corrected chi connectivity index (χ0v) is 12.6. The van der Waals surface area contributed by atoms with Crippen LogP contribution in [-0.4, -0.2) is 7.11 Å². The molecule has 0 spiro atoms. The van der Waals surface area contributed by atoms with Crippen LogP contribution < -0.4 is 10.1 Å². The van der Waals surface area contributed by atoms with Gasteiger partial charge in [-0.15, -0.1) is 0 Å². The Hall–Kier alpha value is -2.00. The normalized spacial score (nSPS) is 10.5. The molecule has 0 amide bonds. The third-order valence-corrected chi connectivity index (χ3v) is 3.70. The lowest BCUT2D eigenvalue weighted by Gasteiger charge is -2.10. The van der Waals surface area contributed by atoms with Crippen LogP contribution in [0, 0.1) is 0 Å². The third kappa shape index (κ3) is 2.63. The minimum atomic E-state index is 0.859. The predicted octanol–water partition coefficient (Wildman–Crippen LogP) is 5.35. The third-order valence-electron chi connectivity index (χ3n) is 3.21. The van der Waals surface area contributed by atoms with Gasteiger partial charge < -0.3 is 10.1 Å². The van der Waals surface area contributed by atoms with Crippen LogP contribution in [0.3, 0.4) is 0 Å². The van der Waals surface area contributed by atoms with Gasteiger partial charge in [0.2, 0.25) is 0 Å². The Morgan fingerprint density at radius 2 is 1.75 bits per heavy atom. The molecule has 3 heteroatoms. The van der Waals surface area contributed by atoms with Crippen LogP contribution in [0.15, 0.2) is 65.1 Å². The summed E-state index contributed by atoms with van der Waals surface area (Å²) in [4.78, 5) is 0. The molecule has 0 heterocycles. The highest BCUT2D eigenvalue weighted by molar-refractivity contribution is 9.10. The van der Waals surface area contributed by atoms with Gasteiger partial charge in [-0.25, -0.2) is 0 Å². The van der Waals surface area contributed by atoms with Crippen LogP contribution in [-0.2, 0) is 0 Å². The minimum Gasteiger partial charge on any atom is -0.497 e. The van der Waals surface area contributed by atoms with E-state index < -0.39 is 0 Å². The van der Waals surface area contributed by atoms with Crippen molar-refractivity contribution >= 4 is 38.1 Å². The van der Waals surface area contributed by atoms with Crippen molar-refractivity contribution in [3.8, 4) is 5.75 Å². The molecule has 3 aromatic rings. The van der Waals surface area contributed by atoms with Gasteiger partial charge >= 0.3 is 0 Å². The summed E-state index contributed by atoms with van der Waals surface area (Å²) < 4.78 is 6.26. The van der Waals surface area contributed by atoms with Crippen LogP contribution in [0.5, 0.6) is 5.75 Å². The van der Waals surface area contributed by atoms with E-state index in [0.29, 0.717) is 0 Å². The van der Waals surface area contributed by atoms with E-state index in [-0.39, 0.29) is 0 Å². The van der Waals surface area contributed by atoms with Gasteiger partial charge in [0.05, 0.1) is 7.11 Å². The molecule has 0 saturated heterocycles. The topological polar surface area (TPSA) is 21.3 Å². The van der Waals surface area contributed by atoms with Gasteiger partial charge in [-0.3, -0.25) is 0 Å². The van der Waals surface area contributed by atoms with Crippen molar-refractivity contribution in [1.29, 1.82) is 0 Å². The molecule has 0 atom stereocenters. The van der Waals surface area contributed by atoms with Gasteiger partial charge in [0.15, 0.2) is 0 Å². The predicted molar refractivity (Wildman–Crippen MR) is 87.9 cm³/mol. The fourth-order valence-electron chi connectivity index (χ4n) is 2.19. The molecule has 0 aliphatic heterocycles. The fourth-order valence-corrected chi connectivity index (χ4v) is 2.57. The minimum absolute atomic E-state index is 0.859. The number of hydrogen-bond acceptors (Lipinski definition) is 2. The Kier molecular flexibility index (Phi) is 3.61. The lowest BCUT2D eigenvalue weighted by molar-refractivity contribution is 0.415. The van der Waals surface area contributed by atoms with Gasteiger partial charge in [0.25, 0.3) is 0 Å². The average Bonchev–Trinajstić information content (AvgIpc) is 2.48. The highest BCUT2D eigenvalue weighted by Gasteiger charge is 2.02. The molecule has 0 bridgehead atoms. The maximum atomic E-state index is 5.17. The molecule has 0 saturated carbocycles. The summed E-state index contributed by atoms with van der Waals surface area (Å²) in [5.41, 5.74) is 2.14. The molecule has 0 unspecified atom stereocenters. The Bertz CT molecular complexity index is 738. The van der Waals surface area contributed by atoms with E-state index in [1.807, 2.05) is 24.3 Å². The van der Waals surface area contributed by atoms with Gasteiger partial charge in [-0.05, 0) is 47.9 Å². The smallest absolute Gasteiger partial charge is 0.119 e. The Morgan fingerprint density at radius 1 is 0.950 bits per heavy atom. The maximum absolute atomic E-state index is 5.17. The van der Waals surface area contributed by atoms with Gasteiger partial charge in [0, 0.05) is 21.2 Å². The van der Waals surface area contributed by atoms with Crippen molar-refractivity contribution < 1.29 is 4.74 Å². The highest BCUT2D eigenvalue weighted by Crippen LogP contribution is 2.29. The van der Waals surface area contributed by atoms with Crippen molar-refractivity contribution in [2.45, 2.75) is 0 Å². The molecule has 100 valence electrons.